The number of hydrogen-bond acceptors (Lipinski definition) is 5. The van der Waals surface area contributed by atoms with Crippen molar-refractivity contribution in [1.82, 2.24) is 15.0 Å². The van der Waals surface area contributed by atoms with Crippen molar-refractivity contribution in [3.8, 4) is 0 Å². The molecule has 5 heteroatoms. The van der Waals surface area contributed by atoms with Gasteiger partial charge in [0.2, 0.25) is 11.9 Å². The molecule has 0 radical (unpaired) electrons. The molecule has 5 nitrogen and oxygen atoms in total. The Morgan fingerprint density at radius 1 is 1.11 bits per heavy atom. The molecule has 1 aromatic rings. The summed E-state index contributed by atoms with van der Waals surface area (Å²) < 4.78 is 0. The van der Waals surface area contributed by atoms with Gasteiger partial charge in [0.25, 0.3) is 0 Å². The second kappa shape index (κ2) is 5.98. The van der Waals surface area contributed by atoms with Crippen LogP contribution in [0.2, 0.25) is 0 Å². The molecule has 2 N–H and O–H groups in total. The van der Waals surface area contributed by atoms with Crippen molar-refractivity contribution in [2.24, 2.45) is 0 Å². The van der Waals surface area contributed by atoms with Gasteiger partial charge in [0.15, 0.2) is 0 Å². The molecule has 0 aliphatic heterocycles. The Kier molecular flexibility index (Phi) is 4.87. The van der Waals surface area contributed by atoms with Gasteiger partial charge in [-0.1, -0.05) is 34.1 Å². The lowest BCUT2D eigenvalue weighted by Gasteiger charge is -2.23. The van der Waals surface area contributed by atoms with E-state index in [0.29, 0.717) is 11.9 Å². The van der Waals surface area contributed by atoms with Gasteiger partial charge in [0.05, 0.1) is 0 Å². The van der Waals surface area contributed by atoms with E-state index in [1.165, 1.54) is 0 Å². The number of nitrogen functional groups attached to an aromatic ring is 1. The zero-order valence-electron chi connectivity index (χ0n) is 12.2. The van der Waals surface area contributed by atoms with E-state index in [1.54, 1.807) is 0 Å². The van der Waals surface area contributed by atoms with Crippen LogP contribution in [0.5, 0.6) is 0 Å². The van der Waals surface area contributed by atoms with Crippen molar-refractivity contribution in [1.29, 1.82) is 0 Å². The summed E-state index contributed by atoms with van der Waals surface area (Å²) in [6.45, 7) is 12.4. The molecule has 0 bridgehead atoms. The molecular weight excluding hydrogens is 226 g/mol. The van der Waals surface area contributed by atoms with E-state index in [4.69, 9.17) is 5.73 Å². The van der Waals surface area contributed by atoms with Crippen LogP contribution in [-0.4, -0.2) is 28.0 Å². The molecule has 18 heavy (non-hydrogen) atoms. The van der Waals surface area contributed by atoms with Gasteiger partial charge < -0.3 is 10.6 Å². The fourth-order valence-corrected chi connectivity index (χ4v) is 1.61. The van der Waals surface area contributed by atoms with Gasteiger partial charge in [0.1, 0.15) is 5.82 Å². The fourth-order valence-electron chi connectivity index (χ4n) is 1.61. The minimum absolute atomic E-state index is 0.115. The first-order valence-corrected chi connectivity index (χ1v) is 6.65. The van der Waals surface area contributed by atoms with Crippen LogP contribution < -0.4 is 10.6 Å². The Morgan fingerprint density at radius 3 is 2.28 bits per heavy atom. The maximum atomic E-state index is 5.79. The lowest BCUT2D eigenvalue weighted by atomic mass is 9.96. The van der Waals surface area contributed by atoms with E-state index in [2.05, 4.69) is 54.5 Å². The normalized spacial score (nSPS) is 11.6. The number of nitrogens with zero attached hydrogens (tertiary/aromatic N) is 4. The highest BCUT2D eigenvalue weighted by molar-refractivity contribution is 5.35. The summed E-state index contributed by atoms with van der Waals surface area (Å²) in [6.07, 6.45) is 2.29. The van der Waals surface area contributed by atoms with Crippen molar-refractivity contribution >= 4 is 11.9 Å². The van der Waals surface area contributed by atoms with Crippen LogP contribution in [0.4, 0.5) is 11.9 Å². The van der Waals surface area contributed by atoms with Crippen molar-refractivity contribution in [2.45, 2.75) is 52.9 Å². The summed E-state index contributed by atoms with van der Waals surface area (Å²) in [5, 5.41) is 0. The monoisotopic (exact) mass is 251 g/mol. The number of anilines is 2. The molecule has 0 aliphatic carbocycles. The largest absolute Gasteiger partial charge is 0.368 e. The van der Waals surface area contributed by atoms with Crippen molar-refractivity contribution < 1.29 is 0 Å². The van der Waals surface area contributed by atoms with Gasteiger partial charge in [0, 0.05) is 18.5 Å². The van der Waals surface area contributed by atoms with Gasteiger partial charge in [-0.3, -0.25) is 0 Å². The molecule has 1 aromatic heterocycles. The lowest BCUT2D eigenvalue weighted by Crippen LogP contribution is -2.28. The smallest absolute Gasteiger partial charge is 0.230 e. The number of aromatic nitrogens is 3. The topological polar surface area (TPSA) is 67.9 Å². The third kappa shape index (κ3) is 3.82. The molecule has 1 rings (SSSR count). The highest BCUT2D eigenvalue weighted by Crippen LogP contribution is 2.21. The average Bonchev–Trinajstić information content (AvgIpc) is 2.28. The molecule has 0 aliphatic rings. The lowest BCUT2D eigenvalue weighted by molar-refractivity contribution is 0.540. The predicted octanol–water partition coefficient (Wildman–Crippen LogP) is 2.38. The standard InChI is InChI=1S/C13H25N5/c1-6-8-9-18(7-2)12-16-10(13(3,4)5)15-11(14)17-12/h6-9H2,1-5H3,(H2,14,15,16,17). The second-order valence-electron chi connectivity index (χ2n) is 5.50. The maximum absolute atomic E-state index is 5.79. The van der Waals surface area contributed by atoms with E-state index < -0.39 is 0 Å². The summed E-state index contributed by atoms with van der Waals surface area (Å²) in [5.74, 6) is 1.75. The maximum Gasteiger partial charge on any atom is 0.230 e. The quantitative estimate of drug-likeness (QED) is 0.870. The van der Waals surface area contributed by atoms with E-state index >= 15 is 0 Å². The molecule has 0 spiro atoms. The first kappa shape index (κ1) is 14.7. The zero-order chi connectivity index (χ0) is 13.8. The van der Waals surface area contributed by atoms with Crippen LogP contribution in [0.3, 0.4) is 0 Å². The average molecular weight is 251 g/mol. The Bertz CT molecular complexity index is 383. The van der Waals surface area contributed by atoms with Crippen molar-refractivity contribution in [3.05, 3.63) is 5.82 Å². The fraction of sp³-hybridized carbons (Fsp3) is 0.769. The molecule has 0 atom stereocenters. The van der Waals surface area contributed by atoms with Crippen molar-refractivity contribution in [3.63, 3.8) is 0 Å². The van der Waals surface area contributed by atoms with Gasteiger partial charge in [-0.25, -0.2) is 0 Å². The number of rotatable bonds is 5. The Hall–Kier alpha value is -1.39. The minimum Gasteiger partial charge on any atom is -0.368 e. The van der Waals surface area contributed by atoms with Crippen LogP contribution in [0.25, 0.3) is 0 Å². The van der Waals surface area contributed by atoms with Crippen LogP contribution in [-0.2, 0) is 5.41 Å². The Labute approximate surface area is 110 Å². The predicted molar refractivity (Wildman–Crippen MR) is 75.7 cm³/mol. The van der Waals surface area contributed by atoms with E-state index in [9.17, 15) is 0 Å². The number of nitrogens with two attached hydrogens (primary N) is 1. The van der Waals surface area contributed by atoms with E-state index in [-0.39, 0.29) is 5.41 Å². The number of unbranched alkanes of at least 4 members (excludes halogenated alkanes) is 1. The third-order valence-electron chi connectivity index (χ3n) is 2.76. The van der Waals surface area contributed by atoms with Crippen LogP contribution >= 0.6 is 0 Å². The van der Waals surface area contributed by atoms with Gasteiger partial charge >= 0.3 is 0 Å². The van der Waals surface area contributed by atoms with E-state index in [0.717, 1.165) is 31.8 Å². The molecule has 0 fully saturated rings. The molecule has 0 unspecified atom stereocenters. The molecule has 0 saturated carbocycles. The Balaban J connectivity index is 3.04. The molecular formula is C13H25N5. The highest BCUT2D eigenvalue weighted by Gasteiger charge is 2.20. The summed E-state index contributed by atoms with van der Waals surface area (Å²) >= 11 is 0. The molecule has 0 aromatic carbocycles. The summed E-state index contributed by atoms with van der Waals surface area (Å²) in [4.78, 5) is 15.2. The van der Waals surface area contributed by atoms with Gasteiger partial charge in [-0.05, 0) is 13.3 Å². The summed E-state index contributed by atoms with van der Waals surface area (Å²) in [7, 11) is 0. The molecule has 1 heterocycles. The third-order valence-corrected chi connectivity index (χ3v) is 2.76. The summed E-state index contributed by atoms with van der Waals surface area (Å²) in [5.41, 5.74) is 5.67. The number of hydrogen-bond donors (Lipinski definition) is 1. The second-order valence-corrected chi connectivity index (χ2v) is 5.50. The SMILES string of the molecule is CCCCN(CC)c1nc(N)nc(C(C)(C)C)n1. The molecule has 102 valence electrons. The molecule has 0 saturated heterocycles. The van der Waals surface area contributed by atoms with Crippen LogP contribution in [0.1, 0.15) is 53.3 Å². The van der Waals surface area contributed by atoms with E-state index in [1.807, 2.05) is 0 Å². The Morgan fingerprint density at radius 2 is 1.78 bits per heavy atom. The van der Waals surface area contributed by atoms with Gasteiger partial charge in [-0.15, -0.1) is 0 Å². The highest BCUT2D eigenvalue weighted by atomic mass is 15.3. The van der Waals surface area contributed by atoms with Crippen molar-refractivity contribution in [2.75, 3.05) is 23.7 Å². The first-order chi connectivity index (χ1) is 8.38. The van der Waals surface area contributed by atoms with Crippen LogP contribution in [0, 0.1) is 0 Å². The van der Waals surface area contributed by atoms with Crippen LogP contribution in [0.15, 0.2) is 0 Å². The molecule has 0 amide bonds. The van der Waals surface area contributed by atoms with Gasteiger partial charge in [-0.2, -0.15) is 15.0 Å². The summed E-state index contributed by atoms with van der Waals surface area (Å²) in [6, 6.07) is 0. The zero-order valence-corrected chi connectivity index (χ0v) is 12.2. The minimum atomic E-state index is -0.115. The first-order valence-electron chi connectivity index (χ1n) is 6.65.